The van der Waals surface area contributed by atoms with Crippen LogP contribution in [0.3, 0.4) is 0 Å². The highest BCUT2D eigenvalue weighted by atomic mass is 32.2. The van der Waals surface area contributed by atoms with E-state index in [4.69, 9.17) is 9.52 Å². The van der Waals surface area contributed by atoms with E-state index in [0.29, 0.717) is 10.2 Å². The molecule has 0 atom stereocenters. The summed E-state index contributed by atoms with van der Waals surface area (Å²) in [7, 11) is 0. The predicted octanol–water partition coefficient (Wildman–Crippen LogP) is 3.38. The highest BCUT2D eigenvalue weighted by molar-refractivity contribution is 7.99. The first-order valence-corrected chi connectivity index (χ1v) is 6.68. The Morgan fingerprint density at radius 2 is 2.10 bits per heavy atom. The number of pyridine rings is 1. The van der Waals surface area contributed by atoms with Crippen LogP contribution in [0.2, 0.25) is 0 Å². The molecule has 0 aliphatic rings. The molecule has 100 valence electrons. The zero-order chi connectivity index (χ0) is 14.1. The van der Waals surface area contributed by atoms with Crippen LogP contribution in [0.15, 0.2) is 51.3 Å². The third-order valence-electron chi connectivity index (χ3n) is 2.71. The fourth-order valence-electron chi connectivity index (χ4n) is 1.82. The number of benzene rings is 1. The first kappa shape index (κ1) is 12.7. The number of fused-ring (bicyclic) bond motifs is 1. The number of aromatic carboxylic acids is 1. The van der Waals surface area contributed by atoms with Crippen LogP contribution in [0, 0.1) is 6.92 Å². The van der Waals surface area contributed by atoms with Gasteiger partial charge >= 0.3 is 5.97 Å². The van der Waals surface area contributed by atoms with Crippen LogP contribution in [-0.4, -0.2) is 21.0 Å². The Hall–Kier alpha value is -2.34. The maximum absolute atomic E-state index is 11.1. The number of oxazole rings is 1. The summed E-state index contributed by atoms with van der Waals surface area (Å²) >= 11 is 1.22. The van der Waals surface area contributed by atoms with Crippen LogP contribution in [0.25, 0.3) is 10.8 Å². The van der Waals surface area contributed by atoms with Gasteiger partial charge in [-0.3, -0.25) is 0 Å². The molecule has 0 fully saturated rings. The Bertz CT molecular complexity index is 798. The molecule has 0 amide bonds. The molecule has 1 N–H and O–H groups in total. The van der Waals surface area contributed by atoms with Crippen molar-refractivity contribution < 1.29 is 14.3 Å². The lowest BCUT2D eigenvalue weighted by Crippen LogP contribution is -2.01. The van der Waals surface area contributed by atoms with E-state index in [1.165, 1.54) is 11.8 Å². The van der Waals surface area contributed by atoms with Crippen molar-refractivity contribution in [3.8, 4) is 0 Å². The number of rotatable bonds is 3. The van der Waals surface area contributed by atoms with Gasteiger partial charge in [0.1, 0.15) is 17.0 Å². The number of carboxylic acids is 1. The smallest absolute Gasteiger partial charge is 0.354 e. The Balaban J connectivity index is 2.14. The SMILES string of the molecule is Cc1coc(Sc2nc(C(=O)O)cc3ccccc23)n1. The average molecular weight is 286 g/mol. The van der Waals surface area contributed by atoms with Gasteiger partial charge in [-0.05, 0) is 30.1 Å². The fourth-order valence-corrected chi connectivity index (χ4v) is 2.71. The van der Waals surface area contributed by atoms with E-state index in [1.54, 1.807) is 12.3 Å². The van der Waals surface area contributed by atoms with Gasteiger partial charge in [0, 0.05) is 5.39 Å². The van der Waals surface area contributed by atoms with Gasteiger partial charge in [0.15, 0.2) is 0 Å². The number of aromatic nitrogens is 2. The molecule has 3 aromatic rings. The molecule has 0 spiro atoms. The third kappa shape index (κ3) is 2.37. The molecule has 0 saturated carbocycles. The monoisotopic (exact) mass is 286 g/mol. The summed E-state index contributed by atoms with van der Waals surface area (Å²) in [5.41, 5.74) is 0.778. The quantitative estimate of drug-likeness (QED) is 0.795. The molecule has 1 aromatic carbocycles. The number of carboxylic acid groups (broad SMARTS) is 1. The second kappa shape index (κ2) is 4.97. The molecule has 0 radical (unpaired) electrons. The summed E-state index contributed by atoms with van der Waals surface area (Å²) in [6.07, 6.45) is 1.55. The van der Waals surface area contributed by atoms with Crippen LogP contribution >= 0.6 is 11.8 Å². The third-order valence-corrected chi connectivity index (χ3v) is 3.57. The summed E-state index contributed by atoms with van der Waals surface area (Å²) in [6, 6.07) is 9.05. The molecule has 0 unspecified atom stereocenters. The molecule has 6 heteroatoms. The zero-order valence-corrected chi connectivity index (χ0v) is 11.3. The minimum Gasteiger partial charge on any atom is -0.477 e. The standard InChI is InChI=1S/C14H10N2O3S/c1-8-7-19-14(15-8)20-12-10-5-3-2-4-9(10)6-11(16-12)13(17)18/h2-7H,1H3,(H,17,18). The molecule has 0 bridgehead atoms. The van der Waals surface area contributed by atoms with Crippen LogP contribution < -0.4 is 0 Å². The second-order valence-corrected chi connectivity index (χ2v) is 5.14. The molecule has 3 rings (SSSR count). The van der Waals surface area contributed by atoms with E-state index >= 15 is 0 Å². The largest absolute Gasteiger partial charge is 0.477 e. The van der Waals surface area contributed by atoms with Crippen LogP contribution in [0.1, 0.15) is 16.2 Å². The van der Waals surface area contributed by atoms with Gasteiger partial charge in [-0.15, -0.1) is 0 Å². The Morgan fingerprint density at radius 1 is 1.30 bits per heavy atom. The van der Waals surface area contributed by atoms with Gasteiger partial charge < -0.3 is 9.52 Å². The van der Waals surface area contributed by atoms with Crippen LogP contribution in [-0.2, 0) is 0 Å². The van der Waals surface area contributed by atoms with Crippen molar-refractivity contribution >= 4 is 28.5 Å². The molecule has 2 heterocycles. The van der Waals surface area contributed by atoms with E-state index in [0.717, 1.165) is 16.5 Å². The number of aryl methyl sites for hydroxylation is 1. The normalized spacial score (nSPS) is 10.8. The van der Waals surface area contributed by atoms with Crippen molar-refractivity contribution in [3.05, 3.63) is 48.0 Å². The zero-order valence-electron chi connectivity index (χ0n) is 10.5. The van der Waals surface area contributed by atoms with Crippen molar-refractivity contribution in [1.82, 2.24) is 9.97 Å². The van der Waals surface area contributed by atoms with Crippen LogP contribution in [0.5, 0.6) is 0 Å². The molecule has 2 aromatic heterocycles. The van der Waals surface area contributed by atoms with E-state index < -0.39 is 5.97 Å². The van der Waals surface area contributed by atoms with Gasteiger partial charge in [0.05, 0.1) is 5.69 Å². The summed E-state index contributed by atoms with van der Waals surface area (Å²) in [5.74, 6) is -1.05. The highest BCUT2D eigenvalue weighted by Gasteiger charge is 2.13. The van der Waals surface area contributed by atoms with Crippen molar-refractivity contribution in [2.24, 2.45) is 0 Å². The molecular weight excluding hydrogens is 276 g/mol. The Morgan fingerprint density at radius 3 is 2.80 bits per heavy atom. The number of carbonyl (C=O) groups is 1. The molecule has 5 nitrogen and oxygen atoms in total. The van der Waals surface area contributed by atoms with Gasteiger partial charge in [0.25, 0.3) is 5.22 Å². The summed E-state index contributed by atoms with van der Waals surface area (Å²) < 4.78 is 5.28. The molecule has 20 heavy (non-hydrogen) atoms. The molecule has 0 aliphatic heterocycles. The van der Waals surface area contributed by atoms with E-state index in [-0.39, 0.29) is 5.69 Å². The molecule has 0 aliphatic carbocycles. The number of hydrogen-bond acceptors (Lipinski definition) is 5. The van der Waals surface area contributed by atoms with Gasteiger partial charge in [-0.25, -0.2) is 14.8 Å². The Kier molecular flexibility index (Phi) is 3.15. The van der Waals surface area contributed by atoms with Crippen LogP contribution in [0.4, 0.5) is 0 Å². The number of hydrogen-bond donors (Lipinski definition) is 1. The van der Waals surface area contributed by atoms with Gasteiger partial charge in [-0.1, -0.05) is 24.3 Å². The summed E-state index contributed by atoms with van der Waals surface area (Å²) in [5, 5.41) is 11.8. The minimum atomic E-state index is -1.05. The molecular formula is C14H10N2O3S. The lowest BCUT2D eigenvalue weighted by atomic mass is 10.1. The van der Waals surface area contributed by atoms with E-state index in [9.17, 15) is 4.79 Å². The maximum atomic E-state index is 11.1. The fraction of sp³-hybridized carbons (Fsp3) is 0.0714. The summed E-state index contributed by atoms with van der Waals surface area (Å²) in [4.78, 5) is 19.5. The lowest BCUT2D eigenvalue weighted by Gasteiger charge is -2.05. The number of nitrogens with zero attached hydrogens (tertiary/aromatic N) is 2. The second-order valence-electron chi connectivity index (χ2n) is 4.20. The van der Waals surface area contributed by atoms with Crippen molar-refractivity contribution in [1.29, 1.82) is 0 Å². The average Bonchev–Trinajstić information content (AvgIpc) is 2.84. The van der Waals surface area contributed by atoms with E-state index in [2.05, 4.69) is 9.97 Å². The van der Waals surface area contributed by atoms with Gasteiger partial charge in [-0.2, -0.15) is 0 Å². The van der Waals surface area contributed by atoms with E-state index in [1.807, 2.05) is 31.2 Å². The predicted molar refractivity (Wildman–Crippen MR) is 74.1 cm³/mol. The van der Waals surface area contributed by atoms with Crippen molar-refractivity contribution in [3.63, 3.8) is 0 Å². The lowest BCUT2D eigenvalue weighted by molar-refractivity contribution is 0.0690. The van der Waals surface area contributed by atoms with Crippen molar-refractivity contribution in [2.75, 3.05) is 0 Å². The van der Waals surface area contributed by atoms with Gasteiger partial charge in [0.2, 0.25) is 0 Å². The molecule has 0 saturated heterocycles. The minimum absolute atomic E-state index is 0.00878. The topological polar surface area (TPSA) is 76.2 Å². The first-order chi connectivity index (χ1) is 9.63. The first-order valence-electron chi connectivity index (χ1n) is 5.86. The summed E-state index contributed by atoms with van der Waals surface area (Å²) in [6.45, 7) is 1.83. The maximum Gasteiger partial charge on any atom is 0.354 e. The Labute approximate surface area is 118 Å². The van der Waals surface area contributed by atoms with Crippen molar-refractivity contribution in [2.45, 2.75) is 17.2 Å². The highest BCUT2D eigenvalue weighted by Crippen LogP contribution is 2.31.